The smallest absolute Gasteiger partial charge is 0.183 e. The Hall–Kier alpha value is -2.66. The number of hydrogen-bond donors (Lipinski definition) is 1. The van der Waals surface area contributed by atoms with Crippen molar-refractivity contribution in [2.24, 2.45) is 0 Å². The maximum absolute atomic E-state index is 4.65. The molecule has 2 aromatic carbocycles. The minimum absolute atomic E-state index is 0.378. The molecular weight excluding hydrogens is 328 g/mol. The Kier molecular flexibility index (Phi) is 4.01. The van der Waals surface area contributed by atoms with Crippen molar-refractivity contribution < 1.29 is 0 Å². The van der Waals surface area contributed by atoms with Gasteiger partial charge in [0.15, 0.2) is 5.13 Å². The highest BCUT2D eigenvalue weighted by Gasteiger charge is 2.11. The number of aryl methyl sites for hydroxylation is 1. The van der Waals surface area contributed by atoms with Crippen LogP contribution in [0.2, 0.25) is 0 Å². The quantitative estimate of drug-likeness (QED) is 0.546. The molecule has 4 aromatic rings. The first kappa shape index (κ1) is 15.8. The first-order valence-corrected chi connectivity index (χ1v) is 9.20. The number of anilines is 1. The summed E-state index contributed by atoms with van der Waals surface area (Å²) in [5, 5.41) is 8.87. The summed E-state index contributed by atoms with van der Waals surface area (Å²) < 4.78 is 3.17. The fourth-order valence-corrected chi connectivity index (χ4v) is 3.93. The number of nitrogens with zero attached hydrogens (tertiary/aromatic N) is 3. The van der Waals surface area contributed by atoms with E-state index in [9.17, 15) is 0 Å². The van der Waals surface area contributed by atoms with Crippen LogP contribution in [0.5, 0.6) is 0 Å². The molecule has 0 saturated heterocycles. The number of fused-ring (bicyclic) bond motifs is 1. The van der Waals surface area contributed by atoms with E-state index in [1.165, 1.54) is 10.3 Å². The van der Waals surface area contributed by atoms with Crippen LogP contribution in [0.3, 0.4) is 0 Å². The molecule has 0 spiro atoms. The molecular formula is C20H20N4S. The Bertz CT molecular complexity index is 1030. The van der Waals surface area contributed by atoms with Gasteiger partial charge < -0.3 is 5.32 Å². The molecule has 4 nitrogen and oxygen atoms in total. The monoisotopic (exact) mass is 348 g/mol. The molecule has 0 fully saturated rings. The van der Waals surface area contributed by atoms with Gasteiger partial charge in [0.2, 0.25) is 0 Å². The van der Waals surface area contributed by atoms with Gasteiger partial charge in [0.1, 0.15) is 0 Å². The SMILES string of the molecule is Cc1cccc(-n2nccc2-c2ccc3nc(NC(C)C)sc3c2)c1. The van der Waals surface area contributed by atoms with Gasteiger partial charge in [-0.05, 0) is 56.7 Å². The van der Waals surface area contributed by atoms with Crippen molar-refractivity contribution in [3.05, 3.63) is 60.3 Å². The summed E-state index contributed by atoms with van der Waals surface area (Å²) >= 11 is 1.69. The zero-order valence-corrected chi connectivity index (χ0v) is 15.3. The molecule has 2 heterocycles. The molecule has 25 heavy (non-hydrogen) atoms. The summed E-state index contributed by atoms with van der Waals surface area (Å²) in [6.07, 6.45) is 1.85. The van der Waals surface area contributed by atoms with E-state index >= 15 is 0 Å². The fourth-order valence-electron chi connectivity index (χ4n) is 2.88. The van der Waals surface area contributed by atoms with Crippen LogP contribution in [0.25, 0.3) is 27.2 Å². The Labute approximate surface area is 151 Å². The summed E-state index contributed by atoms with van der Waals surface area (Å²) in [6, 6.07) is 17.2. The lowest BCUT2D eigenvalue weighted by atomic mass is 10.1. The normalized spacial score (nSPS) is 11.4. The highest BCUT2D eigenvalue weighted by molar-refractivity contribution is 7.22. The molecule has 0 radical (unpaired) electrons. The van der Waals surface area contributed by atoms with E-state index in [1.54, 1.807) is 11.3 Å². The molecule has 0 bridgehead atoms. The van der Waals surface area contributed by atoms with Gasteiger partial charge in [-0.2, -0.15) is 5.10 Å². The Balaban J connectivity index is 1.76. The van der Waals surface area contributed by atoms with Crippen LogP contribution >= 0.6 is 11.3 Å². The van der Waals surface area contributed by atoms with Crippen molar-refractivity contribution in [1.29, 1.82) is 0 Å². The van der Waals surface area contributed by atoms with Crippen LogP contribution in [0.4, 0.5) is 5.13 Å². The summed E-state index contributed by atoms with van der Waals surface area (Å²) in [7, 11) is 0. The largest absolute Gasteiger partial charge is 0.359 e. The van der Waals surface area contributed by atoms with Crippen molar-refractivity contribution >= 4 is 26.7 Å². The number of hydrogen-bond acceptors (Lipinski definition) is 4. The zero-order chi connectivity index (χ0) is 17.4. The topological polar surface area (TPSA) is 42.7 Å². The van der Waals surface area contributed by atoms with E-state index in [0.717, 1.165) is 27.6 Å². The molecule has 1 N–H and O–H groups in total. The molecule has 0 amide bonds. The zero-order valence-electron chi connectivity index (χ0n) is 14.5. The number of benzene rings is 2. The van der Waals surface area contributed by atoms with Gasteiger partial charge in [-0.1, -0.05) is 29.5 Å². The summed E-state index contributed by atoms with van der Waals surface area (Å²) in [5.41, 5.74) is 5.55. The van der Waals surface area contributed by atoms with Crippen molar-refractivity contribution in [3.8, 4) is 16.9 Å². The molecule has 0 unspecified atom stereocenters. The third kappa shape index (κ3) is 3.15. The highest BCUT2D eigenvalue weighted by atomic mass is 32.1. The summed E-state index contributed by atoms with van der Waals surface area (Å²) in [4.78, 5) is 4.65. The van der Waals surface area contributed by atoms with E-state index in [-0.39, 0.29) is 0 Å². The minimum Gasteiger partial charge on any atom is -0.359 e. The second kappa shape index (κ2) is 6.33. The predicted molar refractivity (Wildman–Crippen MR) is 106 cm³/mol. The number of aromatic nitrogens is 3. The third-order valence-electron chi connectivity index (χ3n) is 3.99. The van der Waals surface area contributed by atoms with Crippen LogP contribution in [0, 0.1) is 6.92 Å². The van der Waals surface area contributed by atoms with E-state index in [4.69, 9.17) is 0 Å². The molecule has 0 aliphatic carbocycles. The third-order valence-corrected chi connectivity index (χ3v) is 4.93. The average molecular weight is 348 g/mol. The maximum Gasteiger partial charge on any atom is 0.183 e. The summed E-state index contributed by atoms with van der Waals surface area (Å²) in [6.45, 7) is 6.34. The Morgan fingerprint density at radius 3 is 2.76 bits per heavy atom. The molecule has 126 valence electrons. The first-order chi connectivity index (χ1) is 12.1. The standard InChI is InChI=1S/C20H20N4S/c1-13(2)22-20-23-17-8-7-15(12-19(17)25-20)18-9-10-21-24(18)16-6-4-5-14(3)11-16/h4-13H,1-3H3,(H,22,23). The Morgan fingerprint density at radius 1 is 1.08 bits per heavy atom. The first-order valence-electron chi connectivity index (χ1n) is 8.39. The van der Waals surface area contributed by atoms with Crippen molar-refractivity contribution in [2.45, 2.75) is 26.8 Å². The van der Waals surface area contributed by atoms with E-state index in [2.05, 4.69) is 84.7 Å². The van der Waals surface area contributed by atoms with Crippen molar-refractivity contribution in [1.82, 2.24) is 14.8 Å². The predicted octanol–water partition coefficient (Wildman–Crippen LogP) is 5.28. The number of nitrogens with one attached hydrogen (secondary N) is 1. The van der Waals surface area contributed by atoms with Crippen LogP contribution in [-0.4, -0.2) is 20.8 Å². The maximum atomic E-state index is 4.65. The van der Waals surface area contributed by atoms with Crippen molar-refractivity contribution in [2.75, 3.05) is 5.32 Å². The summed E-state index contributed by atoms with van der Waals surface area (Å²) in [5.74, 6) is 0. The van der Waals surface area contributed by atoms with Crippen molar-refractivity contribution in [3.63, 3.8) is 0 Å². The van der Waals surface area contributed by atoms with Gasteiger partial charge >= 0.3 is 0 Å². The molecule has 4 rings (SSSR count). The molecule has 0 saturated carbocycles. The molecule has 0 aliphatic rings. The van der Waals surface area contributed by atoms with Crippen LogP contribution < -0.4 is 5.32 Å². The minimum atomic E-state index is 0.378. The van der Waals surface area contributed by atoms with Gasteiger partial charge in [-0.15, -0.1) is 0 Å². The molecule has 2 aromatic heterocycles. The molecule has 0 aliphatic heterocycles. The number of thiazole rings is 1. The average Bonchev–Trinajstić information content (AvgIpc) is 3.19. The van der Waals surface area contributed by atoms with Crippen LogP contribution in [-0.2, 0) is 0 Å². The van der Waals surface area contributed by atoms with Gasteiger partial charge in [0.05, 0.1) is 27.8 Å². The second-order valence-corrected chi connectivity index (χ2v) is 7.50. The van der Waals surface area contributed by atoms with E-state index < -0.39 is 0 Å². The van der Waals surface area contributed by atoms with E-state index in [1.807, 2.05) is 10.9 Å². The lowest BCUT2D eigenvalue weighted by Crippen LogP contribution is -2.08. The lowest BCUT2D eigenvalue weighted by molar-refractivity contribution is 0.887. The fraction of sp³-hybridized carbons (Fsp3) is 0.200. The Morgan fingerprint density at radius 2 is 1.96 bits per heavy atom. The van der Waals surface area contributed by atoms with Gasteiger partial charge in [-0.3, -0.25) is 0 Å². The number of rotatable bonds is 4. The van der Waals surface area contributed by atoms with Crippen LogP contribution in [0.15, 0.2) is 54.7 Å². The molecule has 5 heteroatoms. The second-order valence-electron chi connectivity index (χ2n) is 6.47. The van der Waals surface area contributed by atoms with Crippen LogP contribution in [0.1, 0.15) is 19.4 Å². The lowest BCUT2D eigenvalue weighted by Gasteiger charge is -2.08. The molecule has 0 atom stereocenters. The van der Waals surface area contributed by atoms with Gasteiger partial charge in [0.25, 0.3) is 0 Å². The highest BCUT2D eigenvalue weighted by Crippen LogP contribution is 2.31. The van der Waals surface area contributed by atoms with E-state index in [0.29, 0.717) is 6.04 Å². The van der Waals surface area contributed by atoms with Gasteiger partial charge in [0, 0.05) is 11.6 Å². The van der Waals surface area contributed by atoms with Gasteiger partial charge in [-0.25, -0.2) is 9.67 Å².